The van der Waals surface area contributed by atoms with Gasteiger partial charge < -0.3 is 11.1 Å². The van der Waals surface area contributed by atoms with Crippen LogP contribution in [0, 0.1) is 12.8 Å². The molecule has 1 aromatic rings. The van der Waals surface area contributed by atoms with Gasteiger partial charge in [-0.05, 0) is 57.6 Å². The molecule has 1 amide bonds. The van der Waals surface area contributed by atoms with Gasteiger partial charge in [-0.2, -0.15) is 4.31 Å². The fourth-order valence-electron chi connectivity index (χ4n) is 3.80. The van der Waals surface area contributed by atoms with E-state index in [0.717, 1.165) is 31.2 Å². The van der Waals surface area contributed by atoms with Crippen molar-refractivity contribution >= 4 is 28.3 Å². The van der Waals surface area contributed by atoms with Crippen LogP contribution in [0.2, 0.25) is 0 Å². The Hall–Kier alpha value is -1.15. The second-order valence-corrected chi connectivity index (χ2v) is 9.55. The number of sulfonamides is 1. The number of carbonyl (C=O) groups excluding carboxylic acids is 1. The zero-order chi connectivity index (χ0) is 18.7. The summed E-state index contributed by atoms with van der Waals surface area (Å²) < 4.78 is 27.0. The Kier molecular flexibility index (Phi) is 7.68. The number of hydrogen-bond donors (Lipinski definition) is 2. The molecule has 1 heterocycles. The number of nitrogens with two attached hydrogens (primary N) is 1. The molecule has 0 aromatic heterocycles. The van der Waals surface area contributed by atoms with Crippen molar-refractivity contribution in [2.75, 3.05) is 13.1 Å². The topological polar surface area (TPSA) is 92.5 Å². The average Bonchev–Trinajstić information content (AvgIpc) is 2.64. The largest absolute Gasteiger partial charge is 0.353 e. The standard InChI is InChI=1S/C19H29N3O3S.ClH/c1-14-2-8-18(9-3-14)26(24,25)22-12-10-15(11-13-22)19(23)21-17-6-4-16(20)5-7-17;/h2-3,8-9,15-17H,4-7,10-13,20H2,1H3,(H,21,23);1H. The molecule has 0 radical (unpaired) electrons. The van der Waals surface area contributed by atoms with E-state index in [1.165, 1.54) is 4.31 Å². The minimum absolute atomic E-state index is 0. The van der Waals surface area contributed by atoms with Crippen molar-refractivity contribution in [2.24, 2.45) is 11.7 Å². The van der Waals surface area contributed by atoms with Crippen molar-refractivity contribution < 1.29 is 13.2 Å². The quantitative estimate of drug-likeness (QED) is 0.788. The number of hydrogen-bond acceptors (Lipinski definition) is 4. The molecule has 6 nitrogen and oxygen atoms in total. The number of halogens is 1. The van der Waals surface area contributed by atoms with Crippen LogP contribution in [0.5, 0.6) is 0 Å². The van der Waals surface area contributed by atoms with Crippen LogP contribution in [-0.4, -0.2) is 43.8 Å². The predicted molar refractivity (Wildman–Crippen MR) is 108 cm³/mol. The van der Waals surface area contributed by atoms with Crippen molar-refractivity contribution in [3.63, 3.8) is 0 Å². The Morgan fingerprint density at radius 3 is 2.15 bits per heavy atom. The van der Waals surface area contributed by atoms with Crippen LogP contribution in [0.25, 0.3) is 0 Å². The highest BCUT2D eigenvalue weighted by Gasteiger charge is 2.33. The van der Waals surface area contributed by atoms with E-state index in [4.69, 9.17) is 5.73 Å². The zero-order valence-corrected chi connectivity index (χ0v) is 17.4. The summed E-state index contributed by atoms with van der Waals surface area (Å²) in [7, 11) is -3.47. The second kappa shape index (κ2) is 9.37. The summed E-state index contributed by atoms with van der Waals surface area (Å²) in [5.41, 5.74) is 6.94. The van der Waals surface area contributed by atoms with Gasteiger partial charge in [0.25, 0.3) is 0 Å². The van der Waals surface area contributed by atoms with E-state index in [-0.39, 0.29) is 36.3 Å². The molecule has 3 rings (SSSR count). The van der Waals surface area contributed by atoms with Gasteiger partial charge in [0, 0.05) is 31.1 Å². The summed E-state index contributed by atoms with van der Waals surface area (Å²) in [6.07, 6.45) is 4.93. The van der Waals surface area contributed by atoms with Crippen molar-refractivity contribution in [1.82, 2.24) is 9.62 Å². The number of carbonyl (C=O) groups is 1. The van der Waals surface area contributed by atoms with Gasteiger partial charge in [0.2, 0.25) is 15.9 Å². The third-order valence-corrected chi connectivity index (χ3v) is 7.51. The highest BCUT2D eigenvalue weighted by atomic mass is 35.5. The first-order valence-electron chi connectivity index (χ1n) is 9.49. The molecule has 1 aromatic carbocycles. The third-order valence-electron chi connectivity index (χ3n) is 5.60. The predicted octanol–water partition coefficient (Wildman–Crippen LogP) is 2.20. The van der Waals surface area contributed by atoms with Crippen LogP contribution in [-0.2, 0) is 14.8 Å². The van der Waals surface area contributed by atoms with E-state index >= 15 is 0 Å². The Balaban J connectivity index is 0.00000261. The van der Waals surface area contributed by atoms with E-state index in [1.807, 2.05) is 19.1 Å². The van der Waals surface area contributed by atoms with Crippen LogP contribution < -0.4 is 11.1 Å². The smallest absolute Gasteiger partial charge is 0.243 e. The summed E-state index contributed by atoms with van der Waals surface area (Å²) in [6, 6.07) is 7.40. The maximum absolute atomic E-state index is 12.7. The molecule has 1 aliphatic carbocycles. The molecule has 1 saturated heterocycles. The zero-order valence-electron chi connectivity index (χ0n) is 15.8. The van der Waals surface area contributed by atoms with E-state index < -0.39 is 10.0 Å². The third kappa shape index (κ3) is 5.44. The molecule has 0 spiro atoms. The molecule has 152 valence electrons. The minimum Gasteiger partial charge on any atom is -0.353 e. The van der Waals surface area contributed by atoms with Crippen LogP contribution in [0.3, 0.4) is 0 Å². The molecular weight excluding hydrogens is 386 g/mol. The number of benzene rings is 1. The molecule has 1 saturated carbocycles. The summed E-state index contributed by atoms with van der Waals surface area (Å²) in [5, 5.41) is 3.14. The van der Waals surface area contributed by atoms with Gasteiger partial charge in [-0.1, -0.05) is 17.7 Å². The molecule has 0 atom stereocenters. The first-order valence-corrected chi connectivity index (χ1v) is 10.9. The summed E-state index contributed by atoms with van der Waals surface area (Å²) in [6.45, 7) is 2.72. The Bertz CT molecular complexity index is 723. The fraction of sp³-hybridized carbons (Fsp3) is 0.632. The van der Waals surface area contributed by atoms with Gasteiger partial charge >= 0.3 is 0 Å². The lowest BCUT2D eigenvalue weighted by atomic mass is 9.90. The first-order chi connectivity index (χ1) is 12.4. The van der Waals surface area contributed by atoms with Crippen molar-refractivity contribution in [3.05, 3.63) is 29.8 Å². The molecule has 2 aliphatic rings. The van der Waals surface area contributed by atoms with Gasteiger partial charge in [-0.25, -0.2) is 8.42 Å². The molecule has 2 fully saturated rings. The Morgan fingerprint density at radius 1 is 1.04 bits per heavy atom. The first kappa shape index (κ1) is 22.1. The lowest BCUT2D eigenvalue weighted by Gasteiger charge is -2.32. The van der Waals surface area contributed by atoms with E-state index in [1.54, 1.807) is 12.1 Å². The molecular formula is C19H30ClN3O3S. The van der Waals surface area contributed by atoms with Gasteiger partial charge in [0.05, 0.1) is 4.90 Å². The normalized spacial score (nSPS) is 24.8. The fourth-order valence-corrected chi connectivity index (χ4v) is 5.27. The van der Waals surface area contributed by atoms with Gasteiger partial charge in [-0.3, -0.25) is 4.79 Å². The Morgan fingerprint density at radius 2 is 1.59 bits per heavy atom. The van der Waals surface area contributed by atoms with Crippen LogP contribution in [0.4, 0.5) is 0 Å². The number of nitrogens with zero attached hydrogens (tertiary/aromatic N) is 1. The summed E-state index contributed by atoms with van der Waals surface area (Å²) in [5.74, 6) is -0.0343. The molecule has 0 bridgehead atoms. The summed E-state index contributed by atoms with van der Waals surface area (Å²) in [4.78, 5) is 12.8. The van der Waals surface area contributed by atoms with Crippen molar-refractivity contribution in [1.29, 1.82) is 0 Å². The maximum atomic E-state index is 12.7. The van der Waals surface area contributed by atoms with Crippen molar-refractivity contribution in [3.8, 4) is 0 Å². The molecule has 3 N–H and O–H groups in total. The van der Waals surface area contributed by atoms with E-state index in [2.05, 4.69) is 5.32 Å². The second-order valence-electron chi connectivity index (χ2n) is 7.61. The van der Waals surface area contributed by atoms with Gasteiger partial charge in [0.15, 0.2) is 0 Å². The average molecular weight is 416 g/mol. The molecule has 1 aliphatic heterocycles. The number of piperidine rings is 1. The highest BCUT2D eigenvalue weighted by molar-refractivity contribution is 7.89. The van der Waals surface area contributed by atoms with Crippen LogP contribution in [0.15, 0.2) is 29.2 Å². The highest BCUT2D eigenvalue weighted by Crippen LogP contribution is 2.25. The van der Waals surface area contributed by atoms with E-state index in [0.29, 0.717) is 30.8 Å². The van der Waals surface area contributed by atoms with Crippen molar-refractivity contribution in [2.45, 2.75) is 62.4 Å². The molecule has 8 heteroatoms. The molecule has 27 heavy (non-hydrogen) atoms. The monoisotopic (exact) mass is 415 g/mol. The number of rotatable bonds is 4. The molecule has 0 unspecified atom stereocenters. The summed E-state index contributed by atoms with van der Waals surface area (Å²) >= 11 is 0. The lowest BCUT2D eigenvalue weighted by molar-refractivity contribution is -0.127. The number of aryl methyl sites for hydroxylation is 1. The number of nitrogens with one attached hydrogen (secondary N) is 1. The van der Waals surface area contributed by atoms with Gasteiger partial charge in [0.1, 0.15) is 0 Å². The SMILES string of the molecule is Cc1ccc(S(=O)(=O)N2CCC(C(=O)NC3CCC(N)CC3)CC2)cc1.Cl. The Labute approximate surface area is 168 Å². The van der Waals surface area contributed by atoms with Crippen LogP contribution >= 0.6 is 12.4 Å². The maximum Gasteiger partial charge on any atom is 0.243 e. The van der Waals surface area contributed by atoms with Crippen LogP contribution in [0.1, 0.15) is 44.1 Å². The minimum atomic E-state index is -3.47. The lowest BCUT2D eigenvalue weighted by Crippen LogP contribution is -2.46. The number of amides is 1. The van der Waals surface area contributed by atoms with E-state index in [9.17, 15) is 13.2 Å². The van der Waals surface area contributed by atoms with Gasteiger partial charge in [-0.15, -0.1) is 12.4 Å².